The maximum Gasteiger partial charge on any atom is 0.137 e. The maximum atomic E-state index is 6.11. The molecule has 1 N–H and O–H groups in total. The van der Waals surface area contributed by atoms with Gasteiger partial charge < -0.3 is 5.32 Å². The van der Waals surface area contributed by atoms with Crippen molar-refractivity contribution in [2.45, 2.75) is 64.3 Å². The van der Waals surface area contributed by atoms with Crippen molar-refractivity contribution < 1.29 is 0 Å². The molecular formula is C14H22ClN3. The summed E-state index contributed by atoms with van der Waals surface area (Å²) in [4.78, 5) is 8.40. The van der Waals surface area contributed by atoms with Gasteiger partial charge in [-0.25, -0.2) is 9.97 Å². The normalized spacial score (nSPS) is 18.1. The van der Waals surface area contributed by atoms with E-state index in [1.807, 2.05) is 0 Å². The number of halogens is 1. The van der Waals surface area contributed by atoms with E-state index >= 15 is 0 Å². The average molecular weight is 268 g/mol. The maximum absolute atomic E-state index is 6.11. The van der Waals surface area contributed by atoms with E-state index in [9.17, 15) is 0 Å². The van der Waals surface area contributed by atoms with E-state index in [1.165, 1.54) is 44.9 Å². The van der Waals surface area contributed by atoms with Gasteiger partial charge in [-0.1, -0.05) is 50.6 Å². The van der Waals surface area contributed by atoms with Crippen LogP contribution in [0.25, 0.3) is 0 Å². The molecule has 1 heterocycles. The number of anilines is 1. The number of hydrogen-bond acceptors (Lipinski definition) is 3. The predicted molar refractivity (Wildman–Crippen MR) is 76.1 cm³/mol. The van der Waals surface area contributed by atoms with Crippen LogP contribution in [0.4, 0.5) is 5.82 Å². The fraction of sp³-hybridized carbons (Fsp3) is 0.714. The first-order valence-electron chi connectivity index (χ1n) is 7.07. The third kappa shape index (κ3) is 3.58. The Morgan fingerprint density at radius 3 is 2.50 bits per heavy atom. The largest absolute Gasteiger partial charge is 0.367 e. The second kappa shape index (κ2) is 6.93. The third-order valence-corrected chi connectivity index (χ3v) is 4.02. The first-order chi connectivity index (χ1) is 8.81. The summed E-state index contributed by atoms with van der Waals surface area (Å²) in [5.41, 5.74) is 1.04. The molecule has 0 unspecified atom stereocenters. The number of nitrogens with zero attached hydrogens (tertiary/aromatic N) is 2. The van der Waals surface area contributed by atoms with E-state index in [0.717, 1.165) is 17.8 Å². The van der Waals surface area contributed by atoms with Gasteiger partial charge in [-0.3, -0.25) is 0 Å². The summed E-state index contributed by atoms with van der Waals surface area (Å²) in [6.07, 6.45) is 11.7. The topological polar surface area (TPSA) is 37.8 Å². The average Bonchev–Trinajstić information content (AvgIpc) is 2.32. The van der Waals surface area contributed by atoms with Gasteiger partial charge >= 0.3 is 0 Å². The molecule has 0 atom stereocenters. The second-order valence-electron chi connectivity index (χ2n) is 5.03. The van der Waals surface area contributed by atoms with Gasteiger partial charge in [0.1, 0.15) is 17.3 Å². The molecule has 1 aliphatic carbocycles. The molecule has 0 amide bonds. The van der Waals surface area contributed by atoms with Gasteiger partial charge in [0.2, 0.25) is 0 Å². The third-order valence-electron chi connectivity index (χ3n) is 3.69. The zero-order valence-corrected chi connectivity index (χ0v) is 11.8. The van der Waals surface area contributed by atoms with Crippen molar-refractivity contribution in [1.29, 1.82) is 0 Å². The van der Waals surface area contributed by atoms with Gasteiger partial charge in [-0.2, -0.15) is 0 Å². The van der Waals surface area contributed by atoms with E-state index < -0.39 is 0 Å². The van der Waals surface area contributed by atoms with Crippen LogP contribution in [0.15, 0.2) is 6.33 Å². The van der Waals surface area contributed by atoms with E-state index in [2.05, 4.69) is 22.2 Å². The Morgan fingerprint density at radius 2 is 1.83 bits per heavy atom. The van der Waals surface area contributed by atoms with Gasteiger partial charge in [0, 0.05) is 11.6 Å². The molecule has 0 aliphatic heterocycles. The van der Waals surface area contributed by atoms with Crippen molar-refractivity contribution in [3.8, 4) is 0 Å². The molecule has 100 valence electrons. The zero-order valence-electron chi connectivity index (χ0n) is 11.1. The lowest BCUT2D eigenvalue weighted by Crippen LogP contribution is -2.22. The number of aromatic nitrogens is 2. The van der Waals surface area contributed by atoms with Crippen LogP contribution in [0.1, 0.15) is 57.4 Å². The molecule has 1 fully saturated rings. The highest BCUT2D eigenvalue weighted by atomic mass is 35.5. The Morgan fingerprint density at radius 1 is 1.17 bits per heavy atom. The standard InChI is InChI=1S/C14H22ClN3/c1-2-12-13(15)16-10-17-14(12)18-11-8-6-4-3-5-7-9-11/h10-11H,2-9H2,1H3,(H,16,17,18). The summed E-state index contributed by atoms with van der Waals surface area (Å²) in [7, 11) is 0. The highest BCUT2D eigenvalue weighted by molar-refractivity contribution is 6.30. The molecule has 0 spiro atoms. The van der Waals surface area contributed by atoms with Crippen LogP contribution in [0, 0.1) is 0 Å². The number of rotatable bonds is 3. The summed E-state index contributed by atoms with van der Waals surface area (Å²) in [6, 6.07) is 0.543. The van der Waals surface area contributed by atoms with E-state index in [-0.39, 0.29) is 0 Å². The molecule has 0 bridgehead atoms. The summed E-state index contributed by atoms with van der Waals surface area (Å²) < 4.78 is 0. The monoisotopic (exact) mass is 267 g/mol. The lowest BCUT2D eigenvalue weighted by atomic mass is 9.96. The molecule has 4 heteroatoms. The van der Waals surface area contributed by atoms with Crippen molar-refractivity contribution in [2.75, 3.05) is 5.32 Å². The van der Waals surface area contributed by atoms with Crippen molar-refractivity contribution in [1.82, 2.24) is 9.97 Å². The van der Waals surface area contributed by atoms with Crippen molar-refractivity contribution in [3.05, 3.63) is 17.0 Å². The van der Waals surface area contributed by atoms with Crippen molar-refractivity contribution in [2.24, 2.45) is 0 Å². The van der Waals surface area contributed by atoms with Crippen molar-refractivity contribution in [3.63, 3.8) is 0 Å². The molecule has 1 saturated carbocycles. The molecule has 18 heavy (non-hydrogen) atoms. The molecule has 0 aromatic carbocycles. The molecule has 0 radical (unpaired) electrons. The lowest BCUT2D eigenvalue weighted by molar-refractivity contribution is 0.470. The molecule has 2 rings (SSSR count). The van der Waals surface area contributed by atoms with Crippen LogP contribution in [0.5, 0.6) is 0 Å². The SMILES string of the molecule is CCc1c(Cl)ncnc1NC1CCCCCCC1. The van der Waals surface area contributed by atoms with Crippen LogP contribution in [0.2, 0.25) is 5.15 Å². The highest BCUT2D eigenvalue weighted by Gasteiger charge is 2.14. The van der Waals surface area contributed by atoms with Crippen molar-refractivity contribution >= 4 is 17.4 Å². The summed E-state index contributed by atoms with van der Waals surface area (Å²) >= 11 is 6.11. The van der Waals surface area contributed by atoms with Crippen LogP contribution >= 0.6 is 11.6 Å². The van der Waals surface area contributed by atoms with Gasteiger partial charge in [0.05, 0.1) is 0 Å². The van der Waals surface area contributed by atoms with Gasteiger partial charge in [0.25, 0.3) is 0 Å². The number of nitrogens with one attached hydrogen (secondary N) is 1. The Hall–Kier alpha value is -0.830. The first kappa shape index (κ1) is 13.6. The molecular weight excluding hydrogens is 246 g/mol. The van der Waals surface area contributed by atoms with E-state index in [1.54, 1.807) is 6.33 Å². The van der Waals surface area contributed by atoms with E-state index in [4.69, 9.17) is 11.6 Å². The molecule has 0 saturated heterocycles. The quantitative estimate of drug-likeness (QED) is 0.834. The fourth-order valence-electron chi connectivity index (χ4n) is 2.62. The zero-order chi connectivity index (χ0) is 12.8. The Labute approximate surface area is 114 Å². The van der Waals surface area contributed by atoms with Crippen LogP contribution < -0.4 is 5.32 Å². The first-order valence-corrected chi connectivity index (χ1v) is 7.45. The van der Waals surface area contributed by atoms with Crippen LogP contribution in [-0.2, 0) is 6.42 Å². The summed E-state index contributed by atoms with van der Waals surface area (Å²) in [6.45, 7) is 2.09. The Kier molecular flexibility index (Phi) is 5.24. The van der Waals surface area contributed by atoms with Crippen LogP contribution in [0.3, 0.4) is 0 Å². The lowest BCUT2D eigenvalue weighted by Gasteiger charge is -2.22. The van der Waals surface area contributed by atoms with Gasteiger partial charge in [-0.05, 0) is 19.3 Å². The Bertz CT molecular complexity index is 373. The van der Waals surface area contributed by atoms with Crippen LogP contribution in [-0.4, -0.2) is 16.0 Å². The Balaban J connectivity index is 2.05. The summed E-state index contributed by atoms with van der Waals surface area (Å²) in [5.74, 6) is 0.933. The number of hydrogen-bond donors (Lipinski definition) is 1. The smallest absolute Gasteiger partial charge is 0.137 e. The predicted octanol–water partition coefficient (Wildman–Crippen LogP) is 4.22. The molecule has 1 aliphatic rings. The van der Waals surface area contributed by atoms with Gasteiger partial charge in [0.15, 0.2) is 0 Å². The summed E-state index contributed by atoms with van der Waals surface area (Å²) in [5, 5.41) is 4.16. The minimum Gasteiger partial charge on any atom is -0.367 e. The molecule has 1 aromatic heterocycles. The molecule has 1 aromatic rings. The van der Waals surface area contributed by atoms with E-state index in [0.29, 0.717) is 11.2 Å². The minimum atomic E-state index is 0.543. The minimum absolute atomic E-state index is 0.543. The fourth-order valence-corrected chi connectivity index (χ4v) is 2.89. The van der Waals surface area contributed by atoms with Gasteiger partial charge in [-0.15, -0.1) is 0 Å². The highest BCUT2D eigenvalue weighted by Crippen LogP contribution is 2.24. The molecule has 3 nitrogen and oxygen atoms in total. The second-order valence-corrected chi connectivity index (χ2v) is 5.39.